The molecule has 1 aliphatic carbocycles. The fourth-order valence-electron chi connectivity index (χ4n) is 2.46. The van der Waals surface area contributed by atoms with Gasteiger partial charge in [0.25, 0.3) is 0 Å². The predicted molar refractivity (Wildman–Crippen MR) is 69.5 cm³/mol. The van der Waals surface area contributed by atoms with Gasteiger partial charge in [-0.3, -0.25) is 0 Å². The van der Waals surface area contributed by atoms with E-state index in [9.17, 15) is 0 Å². The number of nitrogen functional groups attached to an aromatic ring is 1. The van der Waals surface area contributed by atoms with Crippen molar-refractivity contribution in [2.45, 2.75) is 39.2 Å². The van der Waals surface area contributed by atoms with E-state index in [2.05, 4.69) is 31.3 Å². The van der Waals surface area contributed by atoms with Crippen molar-refractivity contribution in [2.24, 2.45) is 5.92 Å². The van der Waals surface area contributed by atoms with E-state index in [0.717, 1.165) is 24.6 Å². The van der Waals surface area contributed by atoms with Gasteiger partial charge in [0.2, 0.25) is 0 Å². The van der Waals surface area contributed by atoms with Crippen molar-refractivity contribution in [3.05, 3.63) is 29.3 Å². The summed E-state index contributed by atoms with van der Waals surface area (Å²) in [7, 11) is 0. The number of anilines is 1. The molecular weight excluding hydrogens is 196 g/mol. The number of benzene rings is 1. The highest BCUT2D eigenvalue weighted by Crippen LogP contribution is 2.29. The summed E-state index contributed by atoms with van der Waals surface area (Å²) in [6.45, 7) is 5.52. The second-order valence-electron chi connectivity index (χ2n) is 5.16. The largest absolute Gasteiger partial charge is 0.398 e. The van der Waals surface area contributed by atoms with E-state index in [1.807, 2.05) is 6.07 Å². The van der Waals surface area contributed by atoms with Gasteiger partial charge in [0, 0.05) is 11.7 Å². The SMILES string of the molecule is CC(C)NCC1CCc2cccc(N)c2C1. The predicted octanol–water partition coefficient (Wildman–Crippen LogP) is 2.37. The zero-order chi connectivity index (χ0) is 11.5. The molecule has 1 unspecified atom stereocenters. The first-order valence-electron chi connectivity index (χ1n) is 6.26. The molecule has 2 nitrogen and oxygen atoms in total. The Kier molecular flexibility index (Phi) is 3.49. The molecule has 88 valence electrons. The van der Waals surface area contributed by atoms with Crippen LogP contribution in [0.15, 0.2) is 18.2 Å². The molecule has 1 aromatic rings. The van der Waals surface area contributed by atoms with E-state index in [-0.39, 0.29) is 0 Å². The van der Waals surface area contributed by atoms with Gasteiger partial charge in [-0.05, 0) is 48.9 Å². The number of hydrogen-bond donors (Lipinski definition) is 2. The van der Waals surface area contributed by atoms with Crippen LogP contribution in [0.25, 0.3) is 0 Å². The average molecular weight is 218 g/mol. The van der Waals surface area contributed by atoms with Crippen molar-refractivity contribution in [3.63, 3.8) is 0 Å². The van der Waals surface area contributed by atoms with Crippen LogP contribution < -0.4 is 11.1 Å². The minimum Gasteiger partial charge on any atom is -0.398 e. The second kappa shape index (κ2) is 4.88. The first-order chi connectivity index (χ1) is 7.66. The van der Waals surface area contributed by atoms with Crippen molar-refractivity contribution in [2.75, 3.05) is 12.3 Å². The van der Waals surface area contributed by atoms with Crippen LogP contribution in [-0.4, -0.2) is 12.6 Å². The van der Waals surface area contributed by atoms with Crippen LogP contribution >= 0.6 is 0 Å². The maximum Gasteiger partial charge on any atom is 0.0349 e. The Morgan fingerprint density at radius 3 is 3.00 bits per heavy atom. The Morgan fingerprint density at radius 2 is 2.25 bits per heavy atom. The normalized spacial score (nSPS) is 19.8. The van der Waals surface area contributed by atoms with Gasteiger partial charge in [-0.15, -0.1) is 0 Å². The van der Waals surface area contributed by atoms with Crippen molar-refractivity contribution in [1.29, 1.82) is 0 Å². The lowest BCUT2D eigenvalue weighted by Crippen LogP contribution is -2.32. The first kappa shape index (κ1) is 11.5. The first-order valence-corrected chi connectivity index (χ1v) is 6.26. The van der Waals surface area contributed by atoms with Gasteiger partial charge >= 0.3 is 0 Å². The summed E-state index contributed by atoms with van der Waals surface area (Å²) in [5.74, 6) is 0.750. The van der Waals surface area contributed by atoms with Gasteiger partial charge in [-0.2, -0.15) is 0 Å². The topological polar surface area (TPSA) is 38.0 Å². The summed E-state index contributed by atoms with van der Waals surface area (Å²) < 4.78 is 0. The fourth-order valence-corrected chi connectivity index (χ4v) is 2.46. The Bertz CT molecular complexity index is 358. The smallest absolute Gasteiger partial charge is 0.0349 e. The van der Waals surface area contributed by atoms with E-state index < -0.39 is 0 Å². The minimum atomic E-state index is 0.578. The molecule has 1 aromatic carbocycles. The molecule has 0 bridgehead atoms. The fraction of sp³-hybridized carbons (Fsp3) is 0.571. The highest BCUT2D eigenvalue weighted by molar-refractivity contribution is 5.52. The molecular formula is C14H22N2. The maximum atomic E-state index is 6.04. The molecule has 2 heteroatoms. The summed E-state index contributed by atoms with van der Waals surface area (Å²) in [5.41, 5.74) is 9.87. The lowest BCUT2D eigenvalue weighted by molar-refractivity contribution is 0.407. The Morgan fingerprint density at radius 1 is 1.44 bits per heavy atom. The molecule has 3 N–H and O–H groups in total. The van der Waals surface area contributed by atoms with Gasteiger partial charge in [0.1, 0.15) is 0 Å². The summed E-state index contributed by atoms with van der Waals surface area (Å²) in [4.78, 5) is 0. The van der Waals surface area contributed by atoms with Crippen molar-refractivity contribution in [3.8, 4) is 0 Å². The van der Waals surface area contributed by atoms with E-state index >= 15 is 0 Å². The van der Waals surface area contributed by atoms with Crippen LogP contribution in [0.5, 0.6) is 0 Å². The molecule has 2 rings (SSSR count). The number of rotatable bonds is 3. The molecule has 1 atom stereocenters. The van der Waals surface area contributed by atoms with Crippen LogP contribution in [0.3, 0.4) is 0 Å². The number of nitrogens with two attached hydrogens (primary N) is 1. The molecule has 0 heterocycles. The van der Waals surface area contributed by atoms with Crippen LogP contribution in [0.2, 0.25) is 0 Å². The molecule has 0 radical (unpaired) electrons. The summed E-state index contributed by atoms with van der Waals surface area (Å²) in [6.07, 6.45) is 3.61. The molecule has 0 spiro atoms. The van der Waals surface area contributed by atoms with Gasteiger partial charge in [-0.1, -0.05) is 26.0 Å². The zero-order valence-corrected chi connectivity index (χ0v) is 10.3. The quantitative estimate of drug-likeness (QED) is 0.764. The number of aryl methyl sites for hydroxylation is 1. The van der Waals surface area contributed by atoms with Crippen LogP contribution in [0.1, 0.15) is 31.4 Å². The number of fused-ring (bicyclic) bond motifs is 1. The summed E-state index contributed by atoms with van der Waals surface area (Å²) in [5, 5.41) is 3.52. The Balaban J connectivity index is 2.03. The lowest BCUT2D eigenvalue weighted by atomic mass is 9.83. The van der Waals surface area contributed by atoms with Gasteiger partial charge in [0.15, 0.2) is 0 Å². The second-order valence-corrected chi connectivity index (χ2v) is 5.16. The third-order valence-electron chi connectivity index (χ3n) is 3.44. The van der Waals surface area contributed by atoms with Crippen molar-refractivity contribution < 1.29 is 0 Å². The maximum absolute atomic E-state index is 6.04. The van der Waals surface area contributed by atoms with E-state index in [1.165, 1.54) is 24.0 Å². The van der Waals surface area contributed by atoms with Crippen LogP contribution in [0, 0.1) is 5.92 Å². The molecule has 0 fully saturated rings. The molecule has 0 saturated heterocycles. The highest BCUT2D eigenvalue weighted by atomic mass is 14.9. The van der Waals surface area contributed by atoms with E-state index in [4.69, 9.17) is 5.73 Å². The number of nitrogens with one attached hydrogen (secondary N) is 1. The zero-order valence-electron chi connectivity index (χ0n) is 10.3. The van der Waals surface area contributed by atoms with Crippen molar-refractivity contribution in [1.82, 2.24) is 5.32 Å². The Labute approximate surface area is 98.2 Å². The average Bonchev–Trinajstić information content (AvgIpc) is 2.27. The Hall–Kier alpha value is -1.02. The molecule has 0 aliphatic heterocycles. The van der Waals surface area contributed by atoms with Gasteiger partial charge < -0.3 is 11.1 Å². The highest BCUT2D eigenvalue weighted by Gasteiger charge is 2.19. The standard InChI is InChI=1S/C14H22N2/c1-10(2)16-9-11-6-7-12-4-3-5-14(15)13(12)8-11/h3-5,10-11,16H,6-9,15H2,1-2H3. The molecule has 1 aliphatic rings. The lowest BCUT2D eigenvalue weighted by Gasteiger charge is -2.26. The number of hydrogen-bond acceptors (Lipinski definition) is 2. The van der Waals surface area contributed by atoms with Gasteiger partial charge in [0.05, 0.1) is 0 Å². The van der Waals surface area contributed by atoms with E-state index in [0.29, 0.717) is 6.04 Å². The molecule has 16 heavy (non-hydrogen) atoms. The third kappa shape index (κ3) is 2.56. The van der Waals surface area contributed by atoms with E-state index in [1.54, 1.807) is 0 Å². The third-order valence-corrected chi connectivity index (χ3v) is 3.44. The molecule has 0 amide bonds. The van der Waals surface area contributed by atoms with Gasteiger partial charge in [-0.25, -0.2) is 0 Å². The molecule has 0 aromatic heterocycles. The summed E-state index contributed by atoms with van der Waals surface area (Å²) >= 11 is 0. The van der Waals surface area contributed by atoms with Crippen LogP contribution in [0.4, 0.5) is 5.69 Å². The minimum absolute atomic E-state index is 0.578. The van der Waals surface area contributed by atoms with Crippen LogP contribution in [-0.2, 0) is 12.8 Å². The monoisotopic (exact) mass is 218 g/mol. The summed E-state index contributed by atoms with van der Waals surface area (Å²) in [6, 6.07) is 6.89. The van der Waals surface area contributed by atoms with Crippen molar-refractivity contribution >= 4 is 5.69 Å². The molecule has 0 saturated carbocycles.